The van der Waals surface area contributed by atoms with Crippen LogP contribution in [-0.2, 0) is 6.54 Å². The first-order chi connectivity index (χ1) is 11.7. The lowest BCUT2D eigenvalue weighted by atomic mass is 9.92. The van der Waals surface area contributed by atoms with Gasteiger partial charge in [-0.25, -0.2) is 4.98 Å². The fraction of sp³-hybridized carbons (Fsp3) is 0.526. The van der Waals surface area contributed by atoms with Crippen LogP contribution in [0.5, 0.6) is 5.75 Å². The van der Waals surface area contributed by atoms with E-state index in [1.54, 1.807) is 11.3 Å². The Kier molecular flexibility index (Phi) is 5.87. The molecule has 1 aromatic heterocycles. The molecule has 1 saturated heterocycles. The number of aromatic nitrogens is 1. The molecule has 0 aliphatic carbocycles. The Hall–Kier alpha value is -1.43. The van der Waals surface area contributed by atoms with Gasteiger partial charge in [-0.05, 0) is 70.0 Å². The molecule has 0 bridgehead atoms. The summed E-state index contributed by atoms with van der Waals surface area (Å²) in [5.74, 6) is 1.36. The molecule has 5 heteroatoms. The van der Waals surface area contributed by atoms with Crippen molar-refractivity contribution in [2.24, 2.45) is 5.92 Å². The van der Waals surface area contributed by atoms with Gasteiger partial charge in [0.25, 0.3) is 0 Å². The number of hydrogen-bond donors (Lipinski definition) is 1. The van der Waals surface area contributed by atoms with E-state index < -0.39 is 0 Å². The van der Waals surface area contributed by atoms with E-state index in [4.69, 9.17) is 9.72 Å². The van der Waals surface area contributed by atoms with Crippen molar-refractivity contribution in [3.8, 4) is 16.3 Å². The highest BCUT2D eigenvalue weighted by molar-refractivity contribution is 7.13. The lowest BCUT2D eigenvalue weighted by Crippen LogP contribution is -2.36. The summed E-state index contributed by atoms with van der Waals surface area (Å²) in [5, 5.41) is 12.9. The minimum atomic E-state index is -0.183. The van der Waals surface area contributed by atoms with E-state index in [0.717, 1.165) is 54.5 Å². The van der Waals surface area contributed by atoms with Crippen LogP contribution < -0.4 is 4.74 Å². The Morgan fingerprint density at radius 1 is 1.29 bits per heavy atom. The maximum Gasteiger partial charge on any atom is 0.123 e. The minimum absolute atomic E-state index is 0.183. The molecule has 1 aliphatic heterocycles. The molecule has 1 atom stereocenters. The molecule has 1 aliphatic rings. The molecule has 0 amide bonds. The van der Waals surface area contributed by atoms with Gasteiger partial charge in [-0.2, -0.15) is 0 Å². The molecule has 1 fully saturated rings. The van der Waals surface area contributed by atoms with Crippen molar-refractivity contribution in [2.75, 3.05) is 19.7 Å². The average molecular weight is 346 g/mol. The number of thiazole rings is 1. The van der Waals surface area contributed by atoms with Gasteiger partial charge in [0, 0.05) is 17.5 Å². The summed E-state index contributed by atoms with van der Waals surface area (Å²) in [4.78, 5) is 7.23. The molecule has 0 radical (unpaired) electrons. The van der Waals surface area contributed by atoms with Gasteiger partial charge < -0.3 is 9.84 Å². The second-order valence-corrected chi connectivity index (χ2v) is 7.31. The molecular weight excluding hydrogens is 320 g/mol. The van der Waals surface area contributed by atoms with Crippen LogP contribution in [0.3, 0.4) is 0 Å². The third kappa shape index (κ3) is 4.35. The highest BCUT2D eigenvalue weighted by Gasteiger charge is 2.23. The van der Waals surface area contributed by atoms with E-state index in [1.807, 2.05) is 26.0 Å². The van der Waals surface area contributed by atoms with Crippen LogP contribution in [-0.4, -0.2) is 40.8 Å². The van der Waals surface area contributed by atoms with Gasteiger partial charge in [-0.3, -0.25) is 4.90 Å². The molecule has 130 valence electrons. The van der Waals surface area contributed by atoms with Crippen molar-refractivity contribution in [1.29, 1.82) is 0 Å². The molecule has 4 nitrogen and oxygen atoms in total. The maximum atomic E-state index is 9.70. The van der Waals surface area contributed by atoms with Crippen molar-refractivity contribution in [3.63, 3.8) is 0 Å². The second-order valence-electron chi connectivity index (χ2n) is 6.46. The van der Waals surface area contributed by atoms with Crippen molar-refractivity contribution >= 4 is 11.3 Å². The minimum Gasteiger partial charge on any atom is -0.494 e. The van der Waals surface area contributed by atoms with E-state index in [9.17, 15) is 5.11 Å². The highest BCUT2D eigenvalue weighted by atomic mass is 32.1. The standard InChI is InChI=1S/C19H26N2O2S/c1-3-23-18-6-4-16(5-7-18)19-20-17(13-24-19)12-21-10-8-15(9-11-21)14(2)22/h4-7,13-15,22H,3,8-12H2,1-2H3. The molecule has 2 heterocycles. The number of nitrogens with zero attached hydrogens (tertiary/aromatic N) is 2. The lowest BCUT2D eigenvalue weighted by Gasteiger charge is -2.32. The molecule has 1 unspecified atom stereocenters. The first kappa shape index (κ1) is 17.4. The number of aliphatic hydroxyl groups excluding tert-OH is 1. The number of ether oxygens (including phenoxy) is 1. The fourth-order valence-electron chi connectivity index (χ4n) is 3.20. The summed E-state index contributed by atoms with van der Waals surface area (Å²) in [7, 11) is 0. The zero-order valence-electron chi connectivity index (χ0n) is 14.4. The summed E-state index contributed by atoms with van der Waals surface area (Å²) in [6, 6.07) is 8.14. The predicted octanol–water partition coefficient (Wildman–Crippen LogP) is 3.80. The van der Waals surface area contributed by atoms with E-state index in [-0.39, 0.29) is 6.10 Å². The second kappa shape index (κ2) is 8.10. The number of aliphatic hydroxyl groups is 1. The van der Waals surface area contributed by atoms with Crippen LogP contribution in [0.4, 0.5) is 0 Å². The first-order valence-corrected chi connectivity index (χ1v) is 9.61. The number of likely N-dealkylation sites (tertiary alicyclic amines) is 1. The van der Waals surface area contributed by atoms with Crippen molar-refractivity contribution in [1.82, 2.24) is 9.88 Å². The van der Waals surface area contributed by atoms with Gasteiger partial charge >= 0.3 is 0 Å². The molecule has 0 spiro atoms. The molecule has 3 rings (SSSR count). The van der Waals surface area contributed by atoms with Crippen molar-refractivity contribution < 1.29 is 9.84 Å². The Balaban J connectivity index is 1.58. The lowest BCUT2D eigenvalue weighted by molar-refractivity contribution is 0.0692. The number of rotatable bonds is 6. The summed E-state index contributed by atoms with van der Waals surface area (Å²) < 4.78 is 5.49. The summed E-state index contributed by atoms with van der Waals surface area (Å²) >= 11 is 1.70. The molecule has 24 heavy (non-hydrogen) atoms. The average Bonchev–Trinajstić information content (AvgIpc) is 3.05. The number of piperidine rings is 1. The summed E-state index contributed by atoms with van der Waals surface area (Å²) in [5.41, 5.74) is 2.28. The molecule has 2 aromatic rings. The van der Waals surface area contributed by atoms with Gasteiger partial charge in [0.1, 0.15) is 10.8 Å². The predicted molar refractivity (Wildman–Crippen MR) is 98.4 cm³/mol. The van der Waals surface area contributed by atoms with Gasteiger partial charge in [0.05, 0.1) is 18.4 Å². The number of benzene rings is 1. The van der Waals surface area contributed by atoms with Crippen LogP contribution >= 0.6 is 11.3 Å². The van der Waals surface area contributed by atoms with Crippen LogP contribution in [0.25, 0.3) is 10.6 Å². The monoisotopic (exact) mass is 346 g/mol. The summed E-state index contributed by atoms with van der Waals surface area (Å²) in [6.07, 6.45) is 1.97. The maximum absolute atomic E-state index is 9.70. The SMILES string of the molecule is CCOc1ccc(-c2nc(CN3CCC(C(C)O)CC3)cs2)cc1. The Bertz CT molecular complexity index is 631. The zero-order chi connectivity index (χ0) is 16.9. The Labute approximate surface area is 148 Å². The fourth-order valence-corrected chi connectivity index (χ4v) is 4.01. The van der Waals surface area contributed by atoms with E-state index in [0.29, 0.717) is 12.5 Å². The normalized spacial score (nSPS) is 17.8. The van der Waals surface area contributed by atoms with E-state index in [1.165, 1.54) is 0 Å². The van der Waals surface area contributed by atoms with E-state index in [2.05, 4.69) is 22.4 Å². The molecule has 1 aromatic carbocycles. The first-order valence-electron chi connectivity index (χ1n) is 8.73. The van der Waals surface area contributed by atoms with Gasteiger partial charge in [-0.1, -0.05) is 0 Å². The van der Waals surface area contributed by atoms with Crippen LogP contribution in [0.1, 0.15) is 32.4 Å². The van der Waals surface area contributed by atoms with E-state index >= 15 is 0 Å². The van der Waals surface area contributed by atoms with Crippen molar-refractivity contribution in [2.45, 2.75) is 39.3 Å². The molecular formula is C19H26N2O2S. The van der Waals surface area contributed by atoms with Gasteiger partial charge in [0.15, 0.2) is 0 Å². The quantitative estimate of drug-likeness (QED) is 0.864. The van der Waals surface area contributed by atoms with Gasteiger partial charge in [0.2, 0.25) is 0 Å². The Morgan fingerprint density at radius 3 is 2.62 bits per heavy atom. The van der Waals surface area contributed by atoms with Crippen LogP contribution in [0.2, 0.25) is 0 Å². The third-order valence-corrected chi connectivity index (χ3v) is 5.60. The third-order valence-electron chi connectivity index (χ3n) is 4.66. The van der Waals surface area contributed by atoms with Crippen molar-refractivity contribution in [3.05, 3.63) is 35.3 Å². The van der Waals surface area contributed by atoms with Gasteiger partial charge in [-0.15, -0.1) is 11.3 Å². The Morgan fingerprint density at radius 2 is 2.00 bits per heavy atom. The smallest absolute Gasteiger partial charge is 0.123 e. The highest BCUT2D eigenvalue weighted by Crippen LogP contribution is 2.27. The number of hydrogen-bond acceptors (Lipinski definition) is 5. The largest absolute Gasteiger partial charge is 0.494 e. The molecule has 0 saturated carbocycles. The topological polar surface area (TPSA) is 45.6 Å². The summed E-state index contributed by atoms with van der Waals surface area (Å²) in [6.45, 7) is 7.58. The van der Waals surface area contributed by atoms with Crippen LogP contribution in [0, 0.1) is 5.92 Å². The van der Waals surface area contributed by atoms with Crippen LogP contribution in [0.15, 0.2) is 29.6 Å². The zero-order valence-corrected chi connectivity index (χ0v) is 15.3. The molecule has 1 N–H and O–H groups in total.